The molecule has 0 bridgehead atoms. The summed E-state index contributed by atoms with van der Waals surface area (Å²) >= 11 is 0. The molecule has 0 atom stereocenters. The van der Waals surface area contributed by atoms with Crippen LogP contribution in [0.4, 0.5) is 10.1 Å². The lowest BCUT2D eigenvalue weighted by Crippen LogP contribution is -2.38. The number of hydrogen-bond acceptors (Lipinski definition) is 3. The lowest BCUT2D eigenvalue weighted by Gasteiger charge is -2.29. The summed E-state index contributed by atoms with van der Waals surface area (Å²) in [5, 5.41) is 2.70. The summed E-state index contributed by atoms with van der Waals surface area (Å²) in [6.45, 7) is 3.58. The Morgan fingerprint density at radius 3 is 2.54 bits per heavy atom. The summed E-state index contributed by atoms with van der Waals surface area (Å²) in [5.74, 6) is -0.267. The first kappa shape index (κ1) is 18.2. The number of fused-ring (bicyclic) bond motifs is 1. The van der Waals surface area contributed by atoms with Gasteiger partial charge in [-0.05, 0) is 55.2 Å². The summed E-state index contributed by atoms with van der Waals surface area (Å²) < 4.78 is 14.7. The van der Waals surface area contributed by atoms with Gasteiger partial charge in [0.1, 0.15) is 5.82 Å². The predicted molar refractivity (Wildman–Crippen MR) is 104 cm³/mol. The van der Waals surface area contributed by atoms with E-state index in [4.69, 9.17) is 0 Å². The molecule has 2 amide bonds. The summed E-state index contributed by atoms with van der Waals surface area (Å²) in [6.07, 6.45) is 3.64. The molecule has 0 spiro atoms. The molecule has 0 aliphatic carbocycles. The first-order valence-electron chi connectivity index (χ1n) is 9.36. The van der Waals surface area contributed by atoms with Crippen molar-refractivity contribution in [2.24, 2.45) is 5.92 Å². The van der Waals surface area contributed by atoms with Crippen molar-refractivity contribution in [1.82, 2.24) is 14.3 Å². The molecule has 0 radical (unpaired) electrons. The van der Waals surface area contributed by atoms with Crippen LogP contribution in [-0.4, -0.2) is 39.2 Å². The number of rotatable bonds is 3. The van der Waals surface area contributed by atoms with E-state index in [-0.39, 0.29) is 23.2 Å². The van der Waals surface area contributed by atoms with Crippen LogP contribution in [0.2, 0.25) is 0 Å². The molecular weight excluding hydrogens is 359 g/mol. The number of anilines is 1. The van der Waals surface area contributed by atoms with E-state index < -0.39 is 5.91 Å². The third-order valence-electron chi connectivity index (χ3n) is 5.13. The first-order valence-corrected chi connectivity index (χ1v) is 9.36. The number of amides is 2. The van der Waals surface area contributed by atoms with Gasteiger partial charge in [-0.2, -0.15) is 0 Å². The second-order valence-corrected chi connectivity index (χ2v) is 7.18. The van der Waals surface area contributed by atoms with Gasteiger partial charge in [-0.15, -0.1) is 0 Å². The van der Waals surface area contributed by atoms with Crippen molar-refractivity contribution in [3.8, 4) is 0 Å². The second kappa shape index (κ2) is 7.42. The maximum atomic E-state index is 13.1. The van der Waals surface area contributed by atoms with Crippen LogP contribution in [0.3, 0.4) is 0 Å². The molecule has 1 aliphatic heterocycles. The fraction of sp³-hybridized carbons (Fsp3) is 0.286. The maximum absolute atomic E-state index is 13.1. The Balaban J connectivity index is 1.65. The molecule has 3 aromatic rings. The number of nitrogens with one attached hydrogen (secondary N) is 1. The zero-order valence-corrected chi connectivity index (χ0v) is 15.6. The Hall–Kier alpha value is -3.22. The number of aromatic nitrogens is 2. The SMILES string of the molecule is CC1CCN(C(=O)c2nc(C(=O)Nc3ccc(F)cc3)n3ccccc23)CC1. The van der Waals surface area contributed by atoms with Gasteiger partial charge in [0.15, 0.2) is 5.69 Å². The summed E-state index contributed by atoms with van der Waals surface area (Å²) in [6, 6.07) is 10.9. The highest BCUT2D eigenvalue weighted by molar-refractivity contribution is 6.06. The van der Waals surface area contributed by atoms with Gasteiger partial charge in [0, 0.05) is 25.0 Å². The quantitative estimate of drug-likeness (QED) is 0.755. The van der Waals surface area contributed by atoms with Crippen molar-refractivity contribution in [1.29, 1.82) is 0 Å². The van der Waals surface area contributed by atoms with Crippen LogP contribution in [0.5, 0.6) is 0 Å². The summed E-state index contributed by atoms with van der Waals surface area (Å²) in [4.78, 5) is 32.0. The molecule has 4 rings (SSSR count). The van der Waals surface area contributed by atoms with E-state index in [1.807, 2.05) is 6.07 Å². The minimum atomic E-state index is -0.459. The van der Waals surface area contributed by atoms with Crippen molar-refractivity contribution in [2.75, 3.05) is 18.4 Å². The summed E-state index contributed by atoms with van der Waals surface area (Å²) in [7, 11) is 0. The van der Waals surface area contributed by atoms with Gasteiger partial charge >= 0.3 is 0 Å². The van der Waals surface area contributed by atoms with Gasteiger partial charge in [-0.25, -0.2) is 9.37 Å². The normalized spacial score (nSPS) is 15.0. The van der Waals surface area contributed by atoms with E-state index in [0.717, 1.165) is 12.8 Å². The standard InChI is InChI=1S/C21H21FN4O2/c1-14-9-12-25(13-10-14)21(28)18-17-4-2-3-11-26(17)19(24-18)20(27)23-16-7-5-15(22)6-8-16/h2-8,11,14H,9-10,12-13H2,1H3,(H,23,27). The fourth-order valence-electron chi connectivity index (χ4n) is 3.44. The molecule has 0 unspecified atom stereocenters. The number of carbonyl (C=O) groups excluding carboxylic acids is 2. The minimum Gasteiger partial charge on any atom is -0.337 e. The van der Waals surface area contributed by atoms with Crippen LogP contribution in [0.25, 0.3) is 5.52 Å². The smallest absolute Gasteiger partial charge is 0.292 e. The molecule has 1 fully saturated rings. The van der Waals surface area contributed by atoms with Crippen molar-refractivity contribution in [3.05, 3.63) is 66.0 Å². The van der Waals surface area contributed by atoms with Crippen molar-refractivity contribution < 1.29 is 14.0 Å². The van der Waals surface area contributed by atoms with Crippen LogP contribution in [-0.2, 0) is 0 Å². The zero-order valence-electron chi connectivity index (χ0n) is 15.6. The number of likely N-dealkylation sites (tertiary alicyclic amines) is 1. The molecule has 1 aliphatic rings. The molecule has 7 heteroatoms. The average molecular weight is 380 g/mol. The monoisotopic (exact) mass is 380 g/mol. The van der Waals surface area contributed by atoms with E-state index in [0.29, 0.717) is 30.2 Å². The van der Waals surface area contributed by atoms with E-state index in [2.05, 4.69) is 17.2 Å². The topological polar surface area (TPSA) is 66.7 Å². The number of benzene rings is 1. The van der Waals surface area contributed by atoms with Gasteiger partial charge in [0.25, 0.3) is 11.8 Å². The Morgan fingerprint density at radius 1 is 1.11 bits per heavy atom. The Morgan fingerprint density at radius 2 is 1.82 bits per heavy atom. The van der Waals surface area contributed by atoms with Crippen LogP contribution in [0.1, 0.15) is 40.9 Å². The lowest BCUT2D eigenvalue weighted by molar-refractivity contribution is 0.0694. The van der Waals surface area contributed by atoms with Gasteiger partial charge in [0.2, 0.25) is 5.82 Å². The van der Waals surface area contributed by atoms with E-state index >= 15 is 0 Å². The summed E-state index contributed by atoms with van der Waals surface area (Å²) in [5.41, 5.74) is 1.33. The molecule has 2 aromatic heterocycles. The second-order valence-electron chi connectivity index (χ2n) is 7.18. The Labute approximate surface area is 162 Å². The maximum Gasteiger partial charge on any atom is 0.292 e. The average Bonchev–Trinajstić information content (AvgIpc) is 3.10. The molecular formula is C21H21FN4O2. The van der Waals surface area contributed by atoms with E-state index in [9.17, 15) is 14.0 Å². The van der Waals surface area contributed by atoms with Crippen LogP contribution < -0.4 is 5.32 Å². The zero-order chi connectivity index (χ0) is 19.7. The number of imidazole rings is 1. The molecule has 144 valence electrons. The molecule has 1 N–H and O–H groups in total. The number of halogens is 1. The predicted octanol–water partition coefficient (Wildman–Crippen LogP) is 3.60. The van der Waals surface area contributed by atoms with Crippen LogP contribution in [0.15, 0.2) is 48.7 Å². The largest absolute Gasteiger partial charge is 0.337 e. The highest BCUT2D eigenvalue weighted by Gasteiger charge is 2.27. The van der Waals surface area contributed by atoms with Crippen LogP contribution >= 0.6 is 0 Å². The Kier molecular flexibility index (Phi) is 4.81. The molecule has 28 heavy (non-hydrogen) atoms. The highest BCUT2D eigenvalue weighted by atomic mass is 19.1. The van der Waals surface area contributed by atoms with Crippen molar-refractivity contribution >= 4 is 23.0 Å². The van der Waals surface area contributed by atoms with Crippen molar-refractivity contribution in [3.63, 3.8) is 0 Å². The van der Waals surface area contributed by atoms with Gasteiger partial charge < -0.3 is 10.2 Å². The third kappa shape index (κ3) is 3.47. The van der Waals surface area contributed by atoms with E-state index in [1.54, 1.807) is 27.6 Å². The fourth-order valence-corrected chi connectivity index (χ4v) is 3.44. The molecule has 6 nitrogen and oxygen atoms in total. The minimum absolute atomic E-state index is 0.119. The first-order chi connectivity index (χ1) is 13.5. The lowest BCUT2D eigenvalue weighted by atomic mass is 9.99. The third-order valence-corrected chi connectivity index (χ3v) is 5.13. The number of hydrogen-bond donors (Lipinski definition) is 1. The van der Waals surface area contributed by atoms with Gasteiger partial charge in [0.05, 0.1) is 5.52 Å². The van der Waals surface area contributed by atoms with Crippen molar-refractivity contribution in [2.45, 2.75) is 19.8 Å². The highest BCUT2D eigenvalue weighted by Crippen LogP contribution is 2.21. The molecule has 0 saturated carbocycles. The number of carbonyl (C=O) groups is 2. The number of nitrogens with zero attached hydrogens (tertiary/aromatic N) is 3. The van der Waals surface area contributed by atoms with Gasteiger partial charge in [-0.1, -0.05) is 13.0 Å². The van der Waals surface area contributed by atoms with Crippen LogP contribution in [0, 0.1) is 11.7 Å². The molecule has 1 aromatic carbocycles. The number of piperidine rings is 1. The van der Waals surface area contributed by atoms with Gasteiger partial charge in [-0.3, -0.25) is 14.0 Å². The van der Waals surface area contributed by atoms with E-state index in [1.165, 1.54) is 24.3 Å². The Bertz CT molecular complexity index is 1020. The number of pyridine rings is 1. The molecule has 1 saturated heterocycles. The molecule has 3 heterocycles.